The van der Waals surface area contributed by atoms with E-state index in [9.17, 15) is 0 Å². The fraction of sp³-hybridized carbons (Fsp3) is 0.750. The molecule has 9 heavy (non-hydrogen) atoms. The molecule has 1 nitrogen and oxygen atoms in total. The summed E-state index contributed by atoms with van der Waals surface area (Å²) in [7, 11) is 0. The summed E-state index contributed by atoms with van der Waals surface area (Å²) in [6.45, 7) is 7.26. The highest BCUT2D eigenvalue weighted by Gasteiger charge is 1.92. The molecule has 0 bridgehead atoms. The van der Waals surface area contributed by atoms with Crippen LogP contribution in [-0.4, -0.2) is 6.54 Å². The van der Waals surface area contributed by atoms with E-state index in [2.05, 4.69) is 20.8 Å². The highest BCUT2D eigenvalue weighted by Crippen LogP contribution is 2.10. The van der Waals surface area contributed by atoms with Crippen molar-refractivity contribution in [2.24, 2.45) is 5.73 Å². The minimum absolute atomic E-state index is 0.786. The summed E-state index contributed by atoms with van der Waals surface area (Å²) in [4.78, 5) is 0. The molecule has 0 aromatic rings. The van der Waals surface area contributed by atoms with Crippen LogP contribution in [0.5, 0.6) is 0 Å². The molecular formula is C8H17N. The van der Waals surface area contributed by atoms with E-state index in [0.29, 0.717) is 0 Å². The third kappa shape index (κ3) is 3.31. The first-order chi connectivity index (χ1) is 4.22. The van der Waals surface area contributed by atoms with E-state index in [4.69, 9.17) is 5.73 Å². The van der Waals surface area contributed by atoms with Crippen molar-refractivity contribution in [1.82, 2.24) is 0 Å². The molecule has 0 aliphatic carbocycles. The van der Waals surface area contributed by atoms with Gasteiger partial charge in [0.05, 0.1) is 0 Å². The quantitative estimate of drug-likeness (QED) is 0.577. The van der Waals surface area contributed by atoms with E-state index < -0.39 is 0 Å². The first-order valence-corrected chi connectivity index (χ1v) is 3.57. The van der Waals surface area contributed by atoms with Crippen molar-refractivity contribution >= 4 is 0 Å². The molecular weight excluding hydrogens is 110 g/mol. The molecule has 0 atom stereocenters. The fourth-order valence-electron chi connectivity index (χ4n) is 0.955. The van der Waals surface area contributed by atoms with Gasteiger partial charge in [-0.15, -0.1) is 0 Å². The maximum absolute atomic E-state index is 5.41. The van der Waals surface area contributed by atoms with Gasteiger partial charge in [0, 0.05) is 0 Å². The van der Waals surface area contributed by atoms with Gasteiger partial charge in [0.25, 0.3) is 0 Å². The normalized spacial score (nSPS) is 9.33. The van der Waals surface area contributed by atoms with E-state index in [1.165, 1.54) is 11.1 Å². The van der Waals surface area contributed by atoms with E-state index in [1.54, 1.807) is 0 Å². The van der Waals surface area contributed by atoms with Crippen LogP contribution >= 0.6 is 0 Å². The molecule has 1 heteroatoms. The van der Waals surface area contributed by atoms with Gasteiger partial charge in [-0.2, -0.15) is 0 Å². The smallest absolute Gasteiger partial charge is 0.00399 e. The Bertz CT molecular complexity index is 99.1. The van der Waals surface area contributed by atoms with Crippen LogP contribution in [0.25, 0.3) is 0 Å². The molecule has 0 saturated carbocycles. The van der Waals surface area contributed by atoms with Crippen molar-refractivity contribution < 1.29 is 0 Å². The number of rotatable bonds is 3. The van der Waals surface area contributed by atoms with Gasteiger partial charge in [0.2, 0.25) is 0 Å². The first-order valence-electron chi connectivity index (χ1n) is 3.57. The third-order valence-corrected chi connectivity index (χ3v) is 1.58. The summed E-state index contributed by atoms with van der Waals surface area (Å²) in [5.41, 5.74) is 8.35. The summed E-state index contributed by atoms with van der Waals surface area (Å²) in [6, 6.07) is 0. The monoisotopic (exact) mass is 127 g/mol. The number of allylic oxidation sites excluding steroid dienone is 1. The van der Waals surface area contributed by atoms with Crippen molar-refractivity contribution in [3.8, 4) is 0 Å². The summed E-state index contributed by atoms with van der Waals surface area (Å²) < 4.78 is 0. The molecule has 0 aromatic heterocycles. The van der Waals surface area contributed by atoms with Crippen molar-refractivity contribution in [1.29, 1.82) is 0 Å². The summed E-state index contributed by atoms with van der Waals surface area (Å²) in [6.07, 6.45) is 2.22. The van der Waals surface area contributed by atoms with Crippen LogP contribution in [0.15, 0.2) is 11.1 Å². The Morgan fingerprint density at radius 2 is 1.89 bits per heavy atom. The second kappa shape index (κ2) is 4.57. The molecule has 0 spiro atoms. The molecule has 54 valence electrons. The minimum Gasteiger partial charge on any atom is -0.330 e. The average Bonchev–Trinajstić information content (AvgIpc) is 1.82. The lowest BCUT2D eigenvalue weighted by atomic mass is 10.1. The van der Waals surface area contributed by atoms with Gasteiger partial charge >= 0.3 is 0 Å². The SMILES string of the molecule is CCC(CCN)=C(C)C. The molecule has 0 aromatic carbocycles. The number of hydrogen-bond donors (Lipinski definition) is 1. The van der Waals surface area contributed by atoms with Gasteiger partial charge in [-0.25, -0.2) is 0 Å². The number of hydrogen-bond acceptors (Lipinski definition) is 1. The van der Waals surface area contributed by atoms with Crippen LogP contribution in [-0.2, 0) is 0 Å². The molecule has 0 aliphatic rings. The lowest BCUT2D eigenvalue weighted by molar-refractivity contribution is 0.874. The van der Waals surface area contributed by atoms with Crippen LogP contribution in [0.1, 0.15) is 33.6 Å². The van der Waals surface area contributed by atoms with Gasteiger partial charge < -0.3 is 5.73 Å². The highest BCUT2D eigenvalue weighted by atomic mass is 14.5. The topological polar surface area (TPSA) is 26.0 Å². The van der Waals surface area contributed by atoms with Gasteiger partial charge in [0.1, 0.15) is 0 Å². The largest absolute Gasteiger partial charge is 0.330 e. The molecule has 0 rings (SSSR count). The molecule has 0 heterocycles. The van der Waals surface area contributed by atoms with Crippen molar-refractivity contribution in [2.75, 3.05) is 6.54 Å². The predicted molar refractivity (Wildman–Crippen MR) is 42.3 cm³/mol. The van der Waals surface area contributed by atoms with Gasteiger partial charge in [-0.05, 0) is 33.2 Å². The summed E-state index contributed by atoms with van der Waals surface area (Å²) in [5, 5.41) is 0. The van der Waals surface area contributed by atoms with E-state index in [0.717, 1.165) is 19.4 Å². The Kier molecular flexibility index (Phi) is 4.41. The second-order valence-corrected chi connectivity index (χ2v) is 2.50. The molecule has 0 unspecified atom stereocenters. The third-order valence-electron chi connectivity index (χ3n) is 1.58. The lowest BCUT2D eigenvalue weighted by Gasteiger charge is -2.03. The first kappa shape index (κ1) is 8.70. The Morgan fingerprint density at radius 1 is 1.33 bits per heavy atom. The van der Waals surface area contributed by atoms with Crippen molar-refractivity contribution in [2.45, 2.75) is 33.6 Å². The maximum Gasteiger partial charge on any atom is -0.00399 e. The van der Waals surface area contributed by atoms with E-state index >= 15 is 0 Å². The van der Waals surface area contributed by atoms with E-state index in [-0.39, 0.29) is 0 Å². The van der Waals surface area contributed by atoms with Crippen LogP contribution in [0, 0.1) is 0 Å². The summed E-state index contributed by atoms with van der Waals surface area (Å²) >= 11 is 0. The van der Waals surface area contributed by atoms with E-state index in [1.807, 2.05) is 0 Å². The van der Waals surface area contributed by atoms with Gasteiger partial charge in [0.15, 0.2) is 0 Å². The minimum atomic E-state index is 0.786. The van der Waals surface area contributed by atoms with Crippen molar-refractivity contribution in [3.63, 3.8) is 0 Å². The lowest BCUT2D eigenvalue weighted by Crippen LogP contribution is -2.00. The summed E-state index contributed by atoms with van der Waals surface area (Å²) in [5.74, 6) is 0. The van der Waals surface area contributed by atoms with Crippen LogP contribution < -0.4 is 5.73 Å². The van der Waals surface area contributed by atoms with Crippen LogP contribution in [0.4, 0.5) is 0 Å². The second-order valence-electron chi connectivity index (χ2n) is 2.50. The molecule has 0 fully saturated rings. The maximum atomic E-state index is 5.41. The van der Waals surface area contributed by atoms with Crippen molar-refractivity contribution in [3.05, 3.63) is 11.1 Å². The Labute approximate surface area is 57.9 Å². The Balaban J connectivity index is 3.83. The van der Waals surface area contributed by atoms with Crippen LogP contribution in [0.3, 0.4) is 0 Å². The molecule has 2 N–H and O–H groups in total. The zero-order valence-corrected chi connectivity index (χ0v) is 6.70. The van der Waals surface area contributed by atoms with Gasteiger partial charge in [-0.3, -0.25) is 0 Å². The number of nitrogens with two attached hydrogens (primary N) is 1. The zero-order chi connectivity index (χ0) is 7.28. The molecule has 0 aliphatic heterocycles. The molecule has 0 radical (unpaired) electrons. The van der Waals surface area contributed by atoms with Crippen LogP contribution in [0.2, 0.25) is 0 Å². The predicted octanol–water partition coefficient (Wildman–Crippen LogP) is 2.08. The molecule has 0 amide bonds. The zero-order valence-electron chi connectivity index (χ0n) is 6.70. The molecule has 0 saturated heterocycles. The highest BCUT2D eigenvalue weighted by molar-refractivity contribution is 5.09. The Hall–Kier alpha value is -0.300. The Morgan fingerprint density at radius 3 is 2.00 bits per heavy atom. The standard InChI is InChI=1S/C8H17N/c1-4-8(5-6-9)7(2)3/h4-6,9H2,1-3H3. The van der Waals surface area contributed by atoms with Gasteiger partial charge in [-0.1, -0.05) is 18.1 Å². The fourth-order valence-corrected chi connectivity index (χ4v) is 0.955. The average molecular weight is 127 g/mol.